The summed E-state index contributed by atoms with van der Waals surface area (Å²) in [5.74, 6) is 0.675. The van der Waals surface area contributed by atoms with Crippen LogP contribution in [0.5, 0.6) is 5.75 Å². The molecule has 0 aliphatic carbocycles. The van der Waals surface area contributed by atoms with E-state index in [-0.39, 0.29) is 11.8 Å². The number of hydrogen-bond donors (Lipinski definition) is 2. The van der Waals surface area contributed by atoms with E-state index >= 15 is 0 Å². The zero-order valence-electron chi connectivity index (χ0n) is 11.6. The van der Waals surface area contributed by atoms with Gasteiger partial charge in [-0.05, 0) is 13.0 Å². The lowest BCUT2D eigenvalue weighted by molar-refractivity contribution is -0.0505. The molecule has 2 N–H and O–H groups in total. The minimum absolute atomic E-state index is 0.132. The van der Waals surface area contributed by atoms with Crippen molar-refractivity contribution in [1.29, 1.82) is 0 Å². The normalized spacial score (nSPS) is 12.5. The molecule has 114 valence electrons. The molecular weight excluding hydrogens is 292 g/mol. The number of alkyl halides is 2. The van der Waals surface area contributed by atoms with Crippen LogP contribution < -0.4 is 10.1 Å². The smallest absolute Gasteiger partial charge is 0.387 e. The highest BCUT2D eigenvalue weighted by Gasteiger charge is 2.16. The number of aromatic amines is 1. The molecule has 3 aromatic rings. The van der Waals surface area contributed by atoms with E-state index in [1.807, 2.05) is 6.92 Å². The number of halogens is 2. The highest BCUT2D eigenvalue weighted by Crippen LogP contribution is 2.29. The van der Waals surface area contributed by atoms with Gasteiger partial charge in [0.15, 0.2) is 11.5 Å². The lowest BCUT2D eigenvalue weighted by Gasteiger charge is -2.18. The summed E-state index contributed by atoms with van der Waals surface area (Å²) in [5, 5.41) is 3.15. The summed E-state index contributed by atoms with van der Waals surface area (Å²) in [7, 11) is 0. The van der Waals surface area contributed by atoms with E-state index in [1.54, 1.807) is 18.2 Å². The highest BCUT2D eigenvalue weighted by atomic mass is 19.3. The van der Waals surface area contributed by atoms with Crippen LogP contribution in [0.25, 0.3) is 11.2 Å². The molecule has 8 heteroatoms. The molecule has 0 amide bonds. The molecule has 0 unspecified atom stereocenters. The van der Waals surface area contributed by atoms with Gasteiger partial charge in [0.25, 0.3) is 0 Å². The SMILES string of the molecule is C[C@H](Nc1ncnc2nc[nH]c12)c1ccccc1OC(F)F. The third-order valence-electron chi connectivity index (χ3n) is 3.18. The molecule has 0 spiro atoms. The number of nitrogens with zero attached hydrogens (tertiary/aromatic N) is 3. The van der Waals surface area contributed by atoms with Crippen molar-refractivity contribution < 1.29 is 13.5 Å². The Bertz CT molecular complexity index is 777. The fourth-order valence-electron chi connectivity index (χ4n) is 2.20. The molecule has 22 heavy (non-hydrogen) atoms. The first kappa shape index (κ1) is 14.2. The first-order valence-corrected chi connectivity index (χ1v) is 6.59. The van der Waals surface area contributed by atoms with Crippen LogP contribution in [0.15, 0.2) is 36.9 Å². The predicted molar refractivity (Wildman–Crippen MR) is 76.8 cm³/mol. The van der Waals surface area contributed by atoms with Gasteiger partial charge in [-0.1, -0.05) is 18.2 Å². The van der Waals surface area contributed by atoms with Gasteiger partial charge < -0.3 is 15.0 Å². The number of hydrogen-bond acceptors (Lipinski definition) is 5. The Kier molecular flexibility index (Phi) is 3.82. The van der Waals surface area contributed by atoms with E-state index in [4.69, 9.17) is 0 Å². The van der Waals surface area contributed by atoms with Gasteiger partial charge in [0, 0.05) is 5.56 Å². The second-order valence-corrected chi connectivity index (χ2v) is 4.61. The topological polar surface area (TPSA) is 75.7 Å². The van der Waals surface area contributed by atoms with Crippen LogP contribution in [0.4, 0.5) is 14.6 Å². The van der Waals surface area contributed by atoms with Crippen molar-refractivity contribution in [3.63, 3.8) is 0 Å². The lowest BCUT2D eigenvalue weighted by atomic mass is 10.1. The minimum Gasteiger partial charge on any atom is -0.434 e. The van der Waals surface area contributed by atoms with E-state index in [0.29, 0.717) is 22.5 Å². The molecule has 0 saturated carbocycles. The number of imidazole rings is 1. The van der Waals surface area contributed by atoms with E-state index in [0.717, 1.165) is 0 Å². The molecule has 0 fully saturated rings. The van der Waals surface area contributed by atoms with Gasteiger partial charge in [0.05, 0.1) is 12.4 Å². The molecule has 0 aliphatic rings. The van der Waals surface area contributed by atoms with E-state index in [2.05, 4.69) is 30.0 Å². The zero-order valence-corrected chi connectivity index (χ0v) is 11.6. The summed E-state index contributed by atoms with van der Waals surface area (Å²) < 4.78 is 29.5. The van der Waals surface area contributed by atoms with Gasteiger partial charge >= 0.3 is 6.61 Å². The molecular formula is C14H13F2N5O. The first-order valence-electron chi connectivity index (χ1n) is 6.59. The molecule has 3 rings (SSSR count). The van der Waals surface area contributed by atoms with E-state index < -0.39 is 6.61 Å². The Morgan fingerprint density at radius 2 is 2.00 bits per heavy atom. The van der Waals surface area contributed by atoms with Crippen LogP contribution in [0.3, 0.4) is 0 Å². The standard InChI is InChI=1S/C14H13F2N5O/c1-8(9-4-2-3-5-10(9)22-14(15)16)21-13-11-12(18-6-17-11)19-7-20-13/h2-8,14H,1H3,(H2,17,18,19,20,21)/t8-/m0/s1. The van der Waals surface area contributed by atoms with E-state index in [1.165, 1.54) is 18.7 Å². The maximum Gasteiger partial charge on any atom is 0.387 e. The highest BCUT2D eigenvalue weighted by molar-refractivity contribution is 5.82. The van der Waals surface area contributed by atoms with Crippen molar-refractivity contribution in [2.75, 3.05) is 5.32 Å². The molecule has 0 aliphatic heterocycles. The Labute approximate surface area is 124 Å². The van der Waals surface area contributed by atoms with Crippen molar-refractivity contribution in [3.8, 4) is 5.75 Å². The average Bonchev–Trinajstić information content (AvgIpc) is 2.96. The molecule has 2 aromatic heterocycles. The summed E-state index contributed by atoms with van der Waals surface area (Å²) in [4.78, 5) is 15.2. The van der Waals surface area contributed by atoms with Crippen molar-refractivity contribution >= 4 is 17.0 Å². The second kappa shape index (κ2) is 5.92. The maximum atomic E-state index is 12.5. The molecule has 0 radical (unpaired) electrons. The lowest BCUT2D eigenvalue weighted by Crippen LogP contribution is -2.12. The number of ether oxygens (including phenoxy) is 1. The predicted octanol–water partition coefficient (Wildman–Crippen LogP) is 3.13. The summed E-state index contributed by atoms with van der Waals surface area (Å²) in [6.45, 7) is -1.04. The number of benzene rings is 1. The number of H-pyrrole nitrogens is 1. The summed E-state index contributed by atoms with van der Waals surface area (Å²) in [5.41, 5.74) is 1.79. The molecule has 1 aromatic carbocycles. The van der Waals surface area contributed by atoms with Gasteiger partial charge in [0.1, 0.15) is 17.6 Å². The summed E-state index contributed by atoms with van der Waals surface area (Å²) in [6, 6.07) is 6.34. The summed E-state index contributed by atoms with van der Waals surface area (Å²) in [6.07, 6.45) is 2.91. The molecule has 6 nitrogen and oxygen atoms in total. The number of aromatic nitrogens is 4. The Morgan fingerprint density at radius 1 is 1.18 bits per heavy atom. The van der Waals surface area contributed by atoms with Gasteiger partial charge in [-0.3, -0.25) is 0 Å². The Morgan fingerprint density at radius 3 is 2.82 bits per heavy atom. The maximum absolute atomic E-state index is 12.5. The molecule has 2 heterocycles. The summed E-state index contributed by atoms with van der Waals surface area (Å²) >= 11 is 0. The van der Waals surface area contributed by atoms with Crippen LogP contribution in [-0.2, 0) is 0 Å². The van der Waals surface area contributed by atoms with Gasteiger partial charge in [-0.25, -0.2) is 15.0 Å². The second-order valence-electron chi connectivity index (χ2n) is 4.61. The fraction of sp³-hybridized carbons (Fsp3) is 0.214. The third-order valence-corrected chi connectivity index (χ3v) is 3.18. The molecule has 0 bridgehead atoms. The number of para-hydroxylation sites is 1. The minimum atomic E-state index is -2.87. The van der Waals surface area contributed by atoms with Crippen LogP contribution in [0.2, 0.25) is 0 Å². The Hall–Kier alpha value is -2.77. The number of fused-ring (bicyclic) bond motifs is 1. The van der Waals surface area contributed by atoms with Crippen molar-refractivity contribution in [2.24, 2.45) is 0 Å². The van der Waals surface area contributed by atoms with Gasteiger partial charge in [0.2, 0.25) is 0 Å². The van der Waals surface area contributed by atoms with Crippen molar-refractivity contribution in [1.82, 2.24) is 19.9 Å². The Balaban J connectivity index is 1.89. The van der Waals surface area contributed by atoms with Crippen molar-refractivity contribution in [3.05, 3.63) is 42.5 Å². The number of anilines is 1. The number of nitrogens with one attached hydrogen (secondary N) is 2. The van der Waals surface area contributed by atoms with Crippen LogP contribution in [-0.4, -0.2) is 26.5 Å². The van der Waals surface area contributed by atoms with Crippen LogP contribution in [0.1, 0.15) is 18.5 Å². The molecule has 0 saturated heterocycles. The van der Waals surface area contributed by atoms with E-state index in [9.17, 15) is 8.78 Å². The van der Waals surface area contributed by atoms with Crippen molar-refractivity contribution in [2.45, 2.75) is 19.6 Å². The van der Waals surface area contributed by atoms with Crippen LogP contribution >= 0.6 is 0 Å². The average molecular weight is 305 g/mol. The van der Waals surface area contributed by atoms with Gasteiger partial charge in [-0.2, -0.15) is 8.78 Å². The fourth-order valence-corrected chi connectivity index (χ4v) is 2.20. The quantitative estimate of drug-likeness (QED) is 0.757. The first-order chi connectivity index (χ1) is 10.6. The van der Waals surface area contributed by atoms with Crippen LogP contribution in [0, 0.1) is 0 Å². The molecule has 1 atom stereocenters. The zero-order chi connectivity index (χ0) is 15.5. The monoisotopic (exact) mass is 305 g/mol. The third kappa shape index (κ3) is 2.80. The van der Waals surface area contributed by atoms with Gasteiger partial charge in [-0.15, -0.1) is 0 Å². The largest absolute Gasteiger partial charge is 0.434 e. The number of rotatable bonds is 5.